The second-order valence-corrected chi connectivity index (χ2v) is 4.94. The van der Waals surface area contributed by atoms with Crippen LogP contribution in [0.15, 0.2) is 6.07 Å². The van der Waals surface area contributed by atoms with E-state index in [-0.39, 0.29) is 17.7 Å². The molecule has 18 heavy (non-hydrogen) atoms. The molecule has 2 N–H and O–H groups in total. The van der Waals surface area contributed by atoms with E-state index in [0.717, 1.165) is 25.3 Å². The molecular weight excluding hydrogens is 236 g/mol. The Morgan fingerprint density at radius 1 is 1.28 bits per heavy atom. The number of pyridine rings is 1. The summed E-state index contributed by atoms with van der Waals surface area (Å²) in [6.45, 7) is 4.58. The monoisotopic (exact) mass is 255 g/mol. The van der Waals surface area contributed by atoms with Crippen LogP contribution in [0.5, 0.6) is 0 Å². The first kappa shape index (κ1) is 13.1. The second-order valence-electron chi connectivity index (χ2n) is 4.94. The van der Waals surface area contributed by atoms with Crippen LogP contribution < -0.4 is 10.6 Å². The van der Waals surface area contributed by atoms with Gasteiger partial charge < -0.3 is 10.6 Å². The maximum atomic E-state index is 13.6. The van der Waals surface area contributed by atoms with E-state index < -0.39 is 11.6 Å². The van der Waals surface area contributed by atoms with Crippen LogP contribution in [0.2, 0.25) is 0 Å². The summed E-state index contributed by atoms with van der Waals surface area (Å²) in [7, 11) is 0. The Morgan fingerprint density at radius 2 is 2.00 bits per heavy atom. The van der Waals surface area contributed by atoms with Crippen molar-refractivity contribution in [1.29, 1.82) is 0 Å². The molecular formula is C13H19F2N3. The molecule has 0 bridgehead atoms. The Hall–Kier alpha value is -1.39. The van der Waals surface area contributed by atoms with Gasteiger partial charge in [-0.3, -0.25) is 0 Å². The normalized spacial score (nSPS) is 23.1. The van der Waals surface area contributed by atoms with E-state index in [9.17, 15) is 8.78 Å². The standard InChI is InChI=1S/C13H19F2N3/c1-3-16-12-10(14)7-11(15)13(18-12)17-9-5-4-8(2)6-9/h7-9H,3-6H2,1-2H3,(H2,16,17,18). The lowest BCUT2D eigenvalue weighted by molar-refractivity contribution is 0.571. The molecule has 1 heterocycles. The lowest BCUT2D eigenvalue weighted by Crippen LogP contribution is -2.18. The summed E-state index contributed by atoms with van der Waals surface area (Å²) < 4.78 is 27.0. The van der Waals surface area contributed by atoms with Crippen LogP contribution in [0, 0.1) is 17.6 Å². The van der Waals surface area contributed by atoms with Crippen molar-refractivity contribution in [2.24, 2.45) is 5.92 Å². The number of hydrogen-bond donors (Lipinski definition) is 2. The van der Waals surface area contributed by atoms with E-state index in [1.54, 1.807) is 0 Å². The van der Waals surface area contributed by atoms with Crippen LogP contribution in [0.1, 0.15) is 33.1 Å². The van der Waals surface area contributed by atoms with Crippen LogP contribution in [0.25, 0.3) is 0 Å². The average Bonchev–Trinajstić information content (AvgIpc) is 2.71. The first-order valence-corrected chi connectivity index (χ1v) is 6.46. The van der Waals surface area contributed by atoms with Gasteiger partial charge in [0.25, 0.3) is 0 Å². The minimum atomic E-state index is -0.653. The molecule has 1 aliphatic rings. The summed E-state index contributed by atoms with van der Waals surface area (Å²) in [5.41, 5.74) is 0. The Balaban J connectivity index is 2.14. The number of rotatable bonds is 4. The number of nitrogens with zero attached hydrogens (tertiary/aromatic N) is 1. The Morgan fingerprint density at radius 3 is 2.61 bits per heavy atom. The van der Waals surface area contributed by atoms with Crippen molar-refractivity contribution in [3.05, 3.63) is 17.7 Å². The van der Waals surface area contributed by atoms with Gasteiger partial charge in [-0.25, -0.2) is 13.8 Å². The zero-order chi connectivity index (χ0) is 13.1. The van der Waals surface area contributed by atoms with Gasteiger partial charge in [0.05, 0.1) is 0 Å². The average molecular weight is 255 g/mol. The third-order valence-electron chi connectivity index (χ3n) is 3.31. The third-order valence-corrected chi connectivity index (χ3v) is 3.31. The highest BCUT2D eigenvalue weighted by Gasteiger charge is 2.23. The van der Waals surface area contributed by atoms with Crippen LogP contribution in [-0.4, -0.2) is 17.6 Å². The van der Waals surface area contributed by atoms with Crippen molar-refractivity contribution in [3.8, 4) is 0 Å². The first-order chi connectivity index (χ1) is 8.60. The number of aromatic nitrogens is 1. The van der Waals surface area contributed by atoms with Crippen LogP contribution >= 0.6 is 0 Å². The van der Waals surface area contributed by atoms with E-state index >= 15 is 0 Å². The predicted molar refractivity (Wildman–Crippen MR) is 68.7 cm³/mol. The molecule has 1 aromatic rings. The topological polar surface area (TPSA) is 37.0 Å². The molecule has 100 valence electrons. The summed E-state index contributed by atoms with van der Waals surface area (Å²) in [5, 5.41) is 5.86. The zero-order valence-corrected chi connectivity index (χ0v) is 10.8. The molecule has 0 saturated heterocycles. The van der Waals surface area contributed by atoms with E-state index in [2.05, 4.69) is 22.5 Å². The fourth-order valence-electron chi connectivity index (χ4n) is 2.39. The second kappa shape index (κ2) is 5.50. The highest BCUT2D eigenvalue weighted by Crippen LogP contribution is 2.28. The lowest BCUT2D eigenvalue weighted by Gasteiger charge is -2.15. The highest BCUT2D eigenvalue weighted by atomic mass is 19.1. The Kier molecular flexibility index (Phi) is 3.99. The summed E-state index contributed by atoms with van der Waals surface area (Å²) in [4.78, 5) is 3.98. The van der Waals surface area contributed by atoms with Gasteiger partial charge in [0.15, 0.2) is 23.3 Å². The number of nitrogens with one attached hydrogen (secondary N) is 2. The van der Waals surface area contributed by atoms with E-state index in [1.807, 2.05) is 6.92 Å². The molecule has 3 nitrogen and oxygen atoms in total. The largest absolute Gasteiger partial charge is 0.368 e. The molecule has 1 saturated carbocycles. The fraction of sp³-hybridized carbons (Fsp3) is 0.615. The van der Waals surface area contributed by atoms with Crippen molar-refractivity contribution in [2.45, 2.75) is 39.2 Å². The van der Waals surface area contributed by atoms with Gasteiger partial charge in [-0.2, -0.15) is 0 Å². The van der Waals surface area contributed by atoms with Crippen molar-refractivity contribution in [1.82, 2.24) is 4.98 Å². The Bertz CT molecular complexity index is 423. The summed E-state index contributed by atoms with van der Waals surface area (Å²) >= 11 is 0. The van der Waals surface area contributed by atoms with Crippen molar-refractivity contribution >= 4 is 11.6 Å². The van der Waals surface area contributed by atoms with E-state index in [4.69, 9.17) is 0 Å². The van der Waals surface area contributed by atoms with Crippen molar-refractivity contribution in [3.63, 3.8) is 0 Å². The van der Waals surface area contributed by atoms with Gasteiger partial charge in [0, 0.05) is 18.7 Å². The molecule has 2 unspecified atom stereocenters. The Labute approximate surface area is 106 Å². The molecule has 0 radical (unpaired) electrons. The van der Waals surface area contributed by atoms with Gasteiger partial charge in [-0.1, -0.05) is 6.92 Å². The summed E-state index contributed by atoms with van der Waals surface area (Å²) in [6.07, 6.45) is 3.16. The van der Waals surface area contributed by atoms with Crippen LogP contribution in [-0.2, 0) is 0 Å². The number of anilines is 2. The SMILES string of the molecule is CCNc1nc(NC2CCC(C)C2)c(F)cc1F. The maximum Gasteiger partial charge on any atom is 0.168 e. The molecule has 5 heteroatoms. The first-order valence-electron chi connectivity index (χ1n) is 6.46. The van der Waals surface area contributed by atoms with Gasteiger partial charge in [-0.15, -0.1) is 0 Å². The molecule has 1 aromatic heterocycles. The summed E-state index contributed by atoms with van der Waals surface area (Å²) in [5.74, 6) is -0.383. The molecule has 2 rings (SSSR count). The van der Waals surface area contributed by atoms with Crippen LogP contribution in [0.3, 0.4) is 0 Å². The van der Waals surface area contributed by atoms with E-state index in [1.165, 1.54) is 0 Å². The summed E-state index contributed by atoms with van der Waals surface area (Å²) in [6, 6.07) is 1.12. The highest BCUT2D eigenvalue weighted by molar-refractivity contribution is 5.48. The molecule has 0 spiro atoms. The fourth-order valence-corrected chi connectivity index (χ4v) is 2.39. The number of halogens is 2. The molecule has 0 aliphatic heterocycles. The van der Waals surface area contributed by atoms with Gasteiger partial charge in [-0.05, 0) is 32.1 Å². The third kappa shape index (κ3) is 2.89. The zero-order valence-electron chi connectivity index (χ0n) is 10.8. The smallest absolute Gasteiger partial charge is 0.168 e. The van der Waals surface area contributed by atoms with Gasteiger partial charge in [0.2, 0.25) is 0 Å². The molecule has 1 aliphatic carbocycles. The molecule has 0 amide bonds. The molecule has 2 atom stereocenters. The minimum Gasteiger partial charge on any atom is -0.368 e. The maximum absolute atomic E-state index is 13.6. The quantitative estimate of drug-likeness (QED) is 0.866. The lowest BCUT2D eigenvalue weighted by atomic mass is 10.1. The van der Waals surface area contributed by atoms with Crippen LogP contribution in [0.4, 0.5) is 20.4 Å². The van der Waals surface area contributed by atoms with Gasteiger partial charge in [0.1, 0.15) is 0 Å². The molecule has 0 aromatic carbocycles. The number of hydrogen-bond acceptors (Lipinski definition) is 3. The van der Waals surface area contributed by atoms with Crippen molar-refractivity contribution in [2.75, 3.05) is 17.2 Å². The van der Waals surface area contributed by atoms with Gasteiger partial charge >= 0.3 is 0 Å². The van der Waals surface area contributed by atoms with E-state index in [0.29, 0.717) is 12.5 Å². The van der Waals surface area contributed by atoms with Crippen molar-refractivity contribution < 1.29 is 8.78 Å². The minimum absolute atomic E-state index is 0.104. The molecule has 1 fully saturated rings. The predicted octanol–water partition coefficient (Wildman–Crippen LogP) is 3.39.